The molecule has 0 aromatic carbocycles. The second kappa shape index (κ2) is 5.19. The summed E-state index contributed by atoms with van der Waals surface area (Å²) in [4.78, 5) is 4.23. The molecule has 1 nitrogen and oxygen atoms in total. The Balaban J connectivity index is 2.28. The van der Waals surface area contributed by atoms with E-state index in [1.807, 2.05) is 30.1 Å². The average molecular weight is 167 g/mol. The molecule has 0 bridgehead atoms. The molecule has 0 saturated heterocycles. The molecule has 1 aromatic heterocycles. The van der Waals surface area contributed by atoms with Crippen LogP contribution in [-0.4, -0.2) is 10.7 Å². The van der Waals surface area contributed by atoms with Gasteiger partial charge in [-0.3, -0.25) is 4.98 Å². The Morgan fingerprint density at radius 2 is 2.36 bits per heavy atom. The highest BCUT2D eigenvalue weighted by molar-refractivity contribution is 7.98. The molecule has 0 unspecified atom stereocenters. The van der Waals surface area contributed by atoms with E-state index in [0.29, 0.717) is 0 Å². The van der Waals surface area contributed by atoms with Gasteiger partial charge in [-0.25, -0.2) is 0 Å². The van der Waals surface area contributed by atoms with Crippen molar-refractivity contribution in [2.75, 3.05) is 5.75 Å². The second-order valence-electron chi connectivity index (χ2n) is 2.37. The molecule has 60 valence electrons. The molecule has 0 amide bonds. The SMILES string of the molecule is CCCSCc1ccccn1. The Hall–Kier alpha value is -0.500. The highest BCUT2D eigenvalue weighted by atomic mass is 32.2. The molecular weight excluding hydrogens is 154 g/mol. The van der Waals surface area contributed by atoms with E-state index in [1.165, 1.54) is 17.9 Å². The van der Waals surface area contributed by atoms with Crippen LogP contribution in [0.1, 0.15) is 19.0 Å². The minimum absolute atomic E-state index is 1.05. The van der Waals surface area contributed by atoms with Crippen LogP contribution in [0.3, 0.4) is 0 Å². The fourth-order valence-corrected chi connectivity index (χ4v) is 1.62. The molecule has 0 aliphatic rings. The van der Waals surface area contributed by atoms with Crippen LogP contribution in [0.2, 0.25) is 0 Å². The fraction of sp³-hybridized carbons (Fsp3) is 0.444. The highest BCUT2D eigenvalue weighted by Gasteiger charge is 1.90. The average Bonchev–Trinajstić information content (AvgIpc) is 2.07. The van der Waals surface area contributed by atoms with Crippen LogP contribution in [0.4, 0.5) is 0 Å². The van der Waals surface area contributed by atoms with E-state index >= 15 is 0 Å². The lowest BCUT2D eigenvalue weighted by Crippen LogP contribution is -1.85. The smallest absolute Gasteiger partial charge is 0.0502 e. The van der Waals surface area contributed by atoms with E-state index in [1.54, 1.807) is 0 Å². The summed E-state index contributed by atoms with van der Waals surface area (Å²) in [6.07, 6.45) is 3.10. The van der Waals surface area contributed by atoms with Gasteiger partial charge in [-0.15, -0.1) is 0 Å². The summed E-state index contributed by atoms with van der Waals surface area (Å²) in [5.41, 5.74) is 1.19. The Labute approximate surface area is 72.2 Å². The molecule has 0 spiro atoms. The number of aromatic nitrogens is 1. The molecule has 0 radical (unpaired) electrons. The van der Waals surface area contributed by atoms with Crippen LogP contribution >= 0.6 is 11.8 Å². The summed E-state index contributed by atoms with van der Waals surface area (Å²) in [6, 6.07) is 6.06. The van der Waals surface area contributed by atoms with Gasteiger partial charge in [0, 0.05) is 11.9 Å². The summed E-state index contributed by atoms with van der Waals surface area (Å²) in [7, 11) is 0. The monoisotopic (exact) mass is 167 g/mol. The number of pyridine rings is 1. The predicted octanol–water partition coefficient (Wildman–Crippen LogP) is 2.72. The van der Waals surface area contributed by atoms with Gasteiger partial charge in [0.2, 0.25) is 0 Å². The molecule has 1 heterocycles. The molecule has 1 aromatic rings. The third kappa shape index (κ3) is 3.42. The Morgan fingerprint density at radius 1 is 1.45 bits per heavy atom. The zero-order valence-electron chi connectivity index (χ0n) is 6.79. The summed E-state index contributed by atoms with van der Waals surface area (Å²) in [6.45, 7) is 2.20. The molecule has 0 aliphatic heterocycles. The van der Waals surface area contributed by atoms with Gasteiger partial charge in [-0.2, -0.15) is 11.8 Å². The summed E-state index contributed by atoms with van der Waals surface area (Å²) in [5, 5.41) is 0. The fourth-order valence-electron chi connectivity index (χ4n) is 0.805. The summed E-state index contributed by atoms with van der Waals surface area (Å²) < 4.78 is 0. The minimum Gasteiger partial charge on any atom is -0.260 e. The van der Waals surface area contributed by atoms with Crippen molar-refractivity contribution in [2.24, 2.45) is 0 Å². The minimum atomic E-state index is 1.05. The van der Waals surface area contributed by atoms with Crippen molar-refractivity contribution in [1.29, 1.82) is 0 Å². The molecule has 0 fully saturated rings. The molecule has 2 heteroatoms. The number of hydrogen-bond donors (Lipinski definition) is 0. The van der Waals surface area contributed by atoms with Crippen LogP contribution in [0.5, 0.6) is 0 Å². The normalized spacial score (nSPS) is 9.91. The van der Waals surface area contributed by atoms with Crippen molar-refractivity contribution < 1.29 is 0 Å². The second-order valence-corrected chi connectivity index (χ2v) is 3.48. The van der Waals surface area contributed by atoms with Gasteiger partial charge < -0.3 is 0 Å². The van der Waals surface area contributed by atoms with Crippen LogP contribution in [0, 0.1) is 0 Å². The van der Waals surface area contributed by atoms with Gasteiger partial charge in [-0.1, -0.05) is 13.0 Å². The Bertz CT molecular complexity index is 186. The topological polar surface area (TPSA) is 12.9 Å². The lowest BCUT2D eigenvalue weighted by Gasteiger charge is -1.97. The van der Waals surface area contributed by atoms with E-state index in [-0.39, 0.29) is 0 Å². The third-order valence-electron chi connectivity index (χ3n) is 1.32. The Kier molecular flexibility index (Phi) is 4.06. The third-order valence-corrected chi connectivity index (χ3v) is 2.52. The van der Waals surface area contributed by atoms with Crippen LogP contribution < -0.4 is 0 Å². The van der Waals surface area contributed by atoms with Crippen molar-refractivity contribution >= 4 is 11.8 Å². The van der Waals surface area contributed by atoms with E-state index in [2.05, 4.69) is 18.0 Å². The van der Waals surface area contributed by atoms with Crippen molar-refractivity contribution in [3.05, 3.63) is 30.1 Å². The molecular formula is C9H13NS. The van der Waals surface area contributed by atoms with Crippen molar-refractivity contribution in [2.45, 2.75) is 19.1 Å². The molecule has 0 aliphatic carbocycles. The van der Waals surface area contributed by atoms with E-state index < -0.39 is 0 Å². The summed E-state index contributed by atoms with van der Waals surface area (Å²) in [5.74, 6) is 2.28. The highest BCUT2D eigenvalue weighted by Crippen LogP contribution is 2.09. The molecule has 0 atom stereocenters. The number of rotatable bonds is 4. The maximum atomic E-state index is 4.23. The lowest BCUT2D eigenvalue weighted by atomic mass is 10.4. The van der Waals surface area contributed by atoms with E-state index in [0.717, 1.165) is 5.75 Å². The lowest BCUT2D eigenvalue weighted by molar-refractivity contribution is 1.10. The van der Waals surface area contributed by atoms with Crippen LogP contribution in [-0.2, 0) is 5.75 Å². The Morgan fingerprint density at radius 3 is 3.00 bits per heavy atom. The first-order valence-electron chi connectivity index (χ1n) is 3.91. The van der Waals surface area contributed by atoms with Crippen molar-refractivity contribution in [1.82, 2.24) is 4.98 Å². The largest absolute Gasteiger partial charge is 0.260 e. The van der Waals surface area contributed by atoms with Gasteiger partial charge in [0.05, 0.1) is 5.69 Å². The van der Waals surface area contributed by atoms with Gasteiger partial charge in [0.25, 0.3) is 0 Å². The van der Waals surface area contributed by atoms with Gasteiger partial charge in [0.15, 0.2) is 0 Å². The van der Waals surface area contributed by atoms with Crippen molar-refractivity contribution in [3.63, 3.8) is 0 Å². The molecule has 1 rings (SSSR count). The van der Waals surface area contributed by atoms with Gasteiger partial charge >= 0.3 is 0 Å². The number of nitrogens with zero attached hydrogens (tertiary/aromatic N) is 1. The first-order chi connectivity index (χ1) is 5.43. The first kappa shape index (κ1) is 8.60. The van der Waals surface area contributed by atoms with Crippen LogP contribution in [0.25, 0.3) is 0 Å². The maximum absolute atomic E-state index is 4.23. The van der Waals surface area contributed by atoms with E-state index in [9.17, 15) is 0 Å². The zero-order valence-corrected chi connectivity index (χ0v) is 7.60. The summed E-state index contributed by atoms with van der Waals surface area (Å²) >= 11 is 1.94. The number of hydrogen-bond acceptors (Lipinski definition) is 2. The standard InChI is InChI=1S/C9H13NS/c1-2-7-11-8-9-5-3-4-6-10-9/h3-6H,2,7-8H2,1H3. The quantitative estimate of drug-likeness (QED) is 0.639. The van der Waals surface area contributed by atoms with Gasteiger partial charge in [0.1, 0.15) is 0 Å². The van der Waals surface area contributed by atoms with Crippen LogP contribution in [0.15, 0.2) is 24.4 Å². The first-order valence-corrected chi connectivity index (χ1v) is 5.06. The molecule has 0 saturated carbocycles. The number of thioether (sulfide) groups is 1. The maximum Gasteiger partial charge on any atom is 0.0502 e. The van der Waals surface area contributed by atoms with Gasteiger partial charge in [-0.05, 0) is 24.3 Å². The molecule has 11 heavy (non-hydrogen) atoms. The van der Waals surface area contributed by atoms with Crippen molar-refractivity contribution in [3.8, 4) is 0 Å². The zero-order chi connectivity index (χ0) is 7.94. The molecule has 0 N–H and O–H groups in total. The predicted molar refractivity (Wildman–Crippen MR) is 50.7 cm³/mol. The van der Waals surface area contributed by atoms with E-state index in [4.69, 9.17) is 0 Å².